The molecule has 0 bridgehead atoms. The van der Waals surface area contributed by atoms with E-state index in [9.17, 15) is 0 Å². The van der Waals surface area contributed by atoms with Crippen LogP contribution in [-0.2, 0) is 13.5 Å². The molecule has 1 aromatic carbocycles. The second-order valence-corrected chi connectivity index (χ2v) is 5.07. The van der Waals surface area contributed by atoms with E-state index in [0.717, 1.165) is 5.82 Å². The maximum Gasteiger partial charge on any atom is 0.125 e. The summed E-state index contributed by atoms with van der Waals surface area (Å²) in [5.74, 6) is 1.10. The van der Waals surface area contributed by atoms with E-state index in [1.807, 2.05) is 19.4 Å². The summed E-state index contributed by atoms with van der Waals surface area (Å²) in [7, 11) is 2.04. The van der Waals surface area contributed by atoms with Gasteiger partial charge in [0.05, 0.1) is 6.04 Å². The molecule has 1 heterocycles. The van der Waals surface area contributed by atoms with Crippen LogP contribution in [0.4, 0.5) is 0 Å². The van der Waals surface area contributed by atoms with Crippen molar-refractivity contribution in [2.24, 2.45) is 7.05 Å². The first-order chi connectivity index (χ1) is 8.75. The van der Waals surface area contributed by atoms with Crippen LogP contribution in [0.25, 0.3) is 0 Å². The van der Waals surface area contributed by atoms with Crippen molar-refractivity contribution in [3.63, 3.8) is 0 Å². The van der Waals surface area contributed by atoms with Gasteiger partial charge in [0.15, 0.2) is 0 Å². The van der Waals surface area contributed by atoms with Crippen LogP contribution in [0.1, 0.15) is 42.4 Å². The molecular weight excluding hydrogens is 222 g/mol. The molecule has 1 aromatic heterocycles. The lowest BCUT2D eigenvalue weighted by Gasteiger charge is -2.20. The average Bonchev–Trinajstić information content (AvgIpc) is 2.97. The Bertz CT molecular complexity index is 544. The Hall–Kier alpha value is -1.61. The van der Waals surface area contributed by atoms with Crippen LogP contribution in [-0.4, -0.2) is 9.55 Å². The fourth-order valence-electron chi connectivity index (χ4n) is 2.90. The molecule has 1 N–H and O–H groups in total. The van der Waals surface area contributed by atoms with Gasteiger partial charge in [-0.05, 0) is 30.9 Å². The summed E-state index contributed by atoms with van der Waals surface area (Å²) in [4.78, 5) is 4.41. The summed E-state index contributed by atoms with van der Waals surface area (Å²) in [5.41, 5.74) is 2.94. The minimum absolute atomic E-state index is 0.279. The van der Waals surface area contributed by atoms with Crippen molar-refractivity contribution in [2.75, 3.05) is 0 Å². The van der Waals surface area contributed by atoms with Gasteiger partial charge in [-0.25, -0.2) is 4.98 Å². The monoisotopic (exact) mass is 241 g/mol. The van der Waals surface area contributed by atoms with Crippen LogP contribution in [0.3, 0.4) is 0 Å². The van der Waals surface area contributed by atoms with Crippen molar-refractivity contribution in [2.45, 2.75) is 31.8 Å². The van der Waals surface area contributed by atoms with Crippen molar-refractivity contribution in [1.29, 1.82) is 0 Å². The molecular formula is C15H19N3. The van der Waals surface area contributed by atoms with Gasteiger partial charge in [-0.3, -0.25) is 0 Å². The van der Waals surface area contributed by atoms with Gasteiger partial charge in [-0.15, -0.1) is 0 Å². The summed E-state index contributed by atoms with van der Waals surface area (Å²) < 4.78 is 2.08. The molecule has 94 valence electrons. The maximum absolute atomic E-state index is 4.41. The van der Waals surface area contributed by atoms with Gasteiger partial charge in [0.2, 0.25) is 0 Å². The van der Waals surface area contributed by atoms with Crippen molar-refractivity contribution in [3.05, 3.63) is 53.6 Å². The smallest absolute Gasteiger partial charge is 0.125 e. The number of nitrogens with one attached hydrogen (secondary N) is 1. The highest BCUT2D eigenvalue weighted by molar-refractivity contribution is 5.34. The topological polar surface area (TPSA) is 29.9 Å². The Morgan fingerprint density at radius 1 is 1.39 bits per heavy atom. The molecule has 3 rings (SSSR count). The van der Waals surface area contributed by atoms with Crippen LogP contribution >= 0.6 is 0 Å². The molecule has 0 aliphatic heterocycles. The summed E-state index contributed by atoms with van der Waals surface area (Å²) in [6.45, 7) is 2.18. The largest absolute Gasteiger partial charge is 0.337 e. The zero-order chi connectivity index (χ0) is 12.5. The Morgan fingerprint density at radius 2 is 2.22 bits per heavy atom. The molecule has 1 aliphatic carbocycles. The normalized spacial score (nSPS) is 19.8. The van der Waals surface area contributed by atoms with E-state index < -0.39 is 0 Å². The minimum atomic E-state index is 0.279. The lowest BCUT2D eigenvalue weighted by molar-refractivity contribution is 0.443. The summed E-state index contributed by atoms with van der Waals surface area (Å²) in [6.07, 6.45) is 6.22. The second kappa shape index (κ2) is 4.58. The van der Waals surface area contributed by atoms with Crippen LogP contribution < -0.4 is 5.32 Å². The highest BCUT2D eigenvalue weighted by atomic mass is 15.1. The standard InChI is InChI=1S/C15H19N3/c1-11(15-16-9-10-18(15)2)17-14-8-7-12-5-3-4-6-13(12)14/h3-6,9-11,14,17H,7-8H2,1-2H3. The summed E-state index contributed by atoms with van der Waals surface area (Å²) in [5, 5.41) is 3.69. The molecule has 2 aromatic rings. The van der Waals surface area contributed by atoms with Crippen molar-refractivity contribution >= 4 is 0 Å². The zero-order valence-electron chi connectivity index (χ0n) is 10.9. The van der Waals surface area contributed by atoms with Gasteiger partial charge in [-0.1, -0.05) is 24.3 Å². The van der Waals surface area contributed by atoms with E-state index in [1.165, 1.54) is 24.0 Å². The number of hydrogen-bond donors (Lipinski definition) is 1. The van der Waals surface area contributed by atoms with Gasteiger partial charge in [0.25, 0.3) is 0 Å². The number of aromatic nitrogens is 2. The average molecular weight is 241 g/mol. The highest BCUT2D eigenvalue weighted by Gasteiger charge is 2.24. The first-order valence-corrected chi connectivity index (χ1v) is 6.57. The molecule has 18 heavy (non-hydrogen) atoms. The third-order valence-electron chi connectivity index (χ3n) is 3.83. The van der Waals surface area contributed by atoms with Gasteiger partial charge in [0.1, 0.15) is 5.82 Å². The number of aryl methyl sites for hydroxylation is 2. The van der Waals surface area contributed by atoms with Gasteiger partial charge < -0.3 is 9.88 Å². The molecule has 0 radical (unpaired) electrons. The Morgan fingerprint density at radius 3 is 3.00 bits per heavy atom. The number of benzene rings is 1. The van der Waals surface area contributed by atoms with Gasteiger partial charge in [-0.2, -0.15) is 0 Å². The second-order valence-electron chi connectivity index (χ2n) is 5.07. The molecule has 3 heteroatoms. The molecule has 0 spiro atoms. The zero-order valence-corrected chi connectivity index (χ0v) is 10.9. The molecule has 2 atom stereocenters. The quantitative estimate of drug-likeness (QED) is 0.895. The molecule has 3 nitrogen and oxygen atoms in total. The summed E-state index contributed by atoms with van der Waals surface area (Å²) in [6, 6.07) is 9.48. The molecule has 2 unspecified atom stereocenters. The Balaban J connectivity index is 1.77. The minimum Gasteiger partial charge on any atom is -0.337 e. The lowest BCUT2D eigenvalue weighted by atomic mass is 10.1. The molecule has 1 aliphatic rings. The first-order valence-electron chi connectivity index (χ1n) is 6.57. The van der Waals surface area contributed by atoms with E-state index in [0.29, 0.717) is 6.04 Å². The van der Waals surface area contributed by atoms with Crippen LogP contribution in [0, 0.1) is 0 Å². The summed E-state index contributed by atoms with van der Waals surface area (Å²) >= 11 is 0. The molecule has 0 amide bonds. The molecule has 0 saturated carbocycles. The van der Waals surface area contributed by atoms with E-state index in [4.69, 9.17) is 0 Å². The van der Waals surface area contributed by atoms with E-state index in [1.54, 1.807) is 0 Å². The van der Waals surface area contributed by atoms with Crippen molar-refractivity contribution in [1.82, 2.24) is 14.9 Å². The number of nitrogens with zero attached hydrogens (tertiary/aromatic N) is 2. The van der Waals surface area contributed by atoms with Crippen molar-refractivity contribution in [3.8, 4) is 0 Å². The molecule has 0 fully saturated rings. The predicted octanol–water partition coefficient (Wildman–Crippen LogP) is 2.76. The third kappa shape index (κ3) is 1.95. The van der Waals surface area contributed by atoms with E-state index in [-0.39, 0.29) is 6.04 Å². The van der Waals surface area contributed by atoms with Crippen LogP contribution in [0.2, 0.25) is 0 Å². The lowest BCUT2D eigenvalue weighted by Crippen LogP contribution is -2.25. The number of imidazole rings is 1. The Kier molecular flexibility index (Phi) is 2.92. The van der Waals surface area contributed by atoms with Crippen LogP contribution in [0.5, 0.6) is 0 Å². The number of hydrogen-bond acceptors (Lipinski definition) is 2. The fourth-order valence-corrected chi connectivity index (χ4v) is 2.90. The predicted molar refractivity (Wildman–Crippen MR) is 72.3 cm³/mol. The van der Waals surface area contributed by atoms with Crippen molar-refractivity contribution < 1.29 is 0 Å². The molecule has 0 saturated heterocycles. The first kappa shape index (κ1) is 11.5. The maximum atomic E-state index is 4.41. The highest BCUT2D eigenvalue weighted by Crippen LogP contribution is 2.32. The number of fused-ring (bicyclic) bond motifs is 1. The van der Waals surface area contributed by atoms with Gasteiger partial charge >= 0.3 is 0 Å². The van der Waals surface area contributed by atoms with Gasteiger partial charge in [0, 0.05) is 25.5 Å². The SMILES string of the molecule is CC(NC1CCc2ccccc21)c1nccn1C. The van der Waals surface area contributed by atoms with E-state index in [2.05, 4.69) is 46.1 Å². The third-order valence-corrected chi connectivity index (χ3v) is 3.83. The van der Waals surface area contributed by atoms with E-state index >= 15 is 0 Å². The number of rotatable bonds is 3. The Labute approximate surface area is 108 Å². The van der Waals surface area contributed by atoms with Crippen LogP contribution in [0.15, 0.2) is 36.7 Å². The fraction of sp³-hybridized carbons (Fsp3) is 0.400.